The Morgan fingerprint density at radius 2 is 1.83 bits per heavy atom. The van der Waals surface area contributed by atoms with E-state index in [2.05, 4.69) is 10.6 Å². The molecule has 2 rings (SSSR count). The third-order valence-electron chi connectivity index (χ3n) is 3.62. The fourth-order valence-corrected chi connectivity index (χ4v) is 2.41. The molecule has 2 N–H and O–H groups in total. The lowest BCUT2D eigenvalue weighted by Gasteiger charge is -2.18. The van der Waals surface area contributed by atoms with Crippen molar-refractivity contribution >= 4 is 17.6 Å². The summed E-state index contributed by atoms with van der Waals surface area (Å²) in [7, 11) is 3.20. The normalized spacial score (nSPS) is 11.5. The zero-order chi connectivity index (χ0) is 17.5. The Bertz CT molecular complexity index is 689. The van der Waals surface area contributed by atoms with Crippen LogP contribution in [0, 0.1) is 0 Å². The maximum absolute atomic E-state index is 12.1. The topological polar surface area (TPSA) is 59.6 Å². The molecule has 1 unspecified atom stereocenters. The van der Waals surface area contributed by atoms with Gasteiger partial charge in [0.1, 0.15) is 11.5 Å². The van der Waals surface area contributed by atoms with Crippen LogP contribution in [0.25, 0.3) is 0 Å². The van der Waals surface area contributed by atoms with Crippen LogP contribution in [0.1, 0.15) is 24.1 Å². The molecule has 128 valence electrons. The minimum absolute atomic E-state index is 0.236. The predicted molar refractivity (Wildman–Crippen MR) is 94.8 cm³/mol. The molecule has 0 fully saturated rings. The first-order valence-corrected chi connectivity index (χ1v) is 7.92. The van der Waals surface area contributed by atoms with Gasteiger partial charge in [-0.15, -0.1) is 0 Å². The highest BCUT2D eigenvalue weighted by Gasteiger charge is 2.15. The van der Waals surface area contributed by atoms with E-state index >= 15 is 0 Å². The minimum Gasteiger partial charge on any atom is -0.497 e. The van der Waals surface area contributed by atoms with Gasteiger partial charge in [0.25, 0.3) is 0 Å². The summed E-state index contributed by atoms with van der Waals surface area (Å²) in [4.78, 5) is 12.1. The van der Waals surface area contributed by atoms with Crippen LogP contribution in [-0.2, 0) is 6.54 Å². The Hall–Kier alpha value is -2.40. The van der Waals surface area contributed by atoms with Crippen LogP contribution in [0.3, 0.4) is 0 Å². The van der Waals surface area contributed by atoms with Gasteiger partial charge in [-0.3, -0.25) is 0 Å². The van der Waals surface area contributed by atoms with Crippen LogP contribution < -0.4 is 20.1 Å². The largest absolute Gasteiger partial charge is 0.497 e. The number of ether oxygens (including phenoxy) is 2. The standard InChI is InChI=1S/C18H21ClN2O3/c1-12(16-10-15(23-2)8-9-17(16)24-3)21-18(22)20-11-13-4-6-14(19)7-5-13/h4-10,12H,11H2,1-3H3,(H2,20,21,22). The van der Waals surface area contributed by atoms with E-state index < -0.39 is 0 Å². The first-order valence-electron chi connectivity index (χ1n) is 7.54. The number of urea groups is 1. The first kappa shape index (κ1) is 17.9. The van der Waals surface area contributed by atoms with E-state index in [-0.39, 0.29) is 12.1 Å². The summed E-state index contributed by atoms with van der Waals surface area (Å²) in [5.74, 6) is 1.40. The van der Waals surface area contributed by atoms with E-state index in [0.29, 0.717) is 23.1 Å². The van der Waals surface area contributed by atoms with Gasteiger partial charge in [-0.05, 0) is 42.8 Å². The highest BCUT2D eigenvalue weighted by molar-refractivity contribution is 6.30. The molecule has 0 radical (unpaired) electrons. The number of amides is 2. The van der Waals surface area contributed by atoms with Crippen molar-refractivity contribution in [1.82, 2.24) is 10.6 Å². The number of benzene rings is 2. The number of carbonyl (C=O) groups excluding carboxylic acids is 1. The molecule has 0 bridgehead atoms. The third-order valence-corrected chi connectivity index (χ3v) is 3.87. The summed E-state index contributed by atoms with van der Waals surface area (Å²) in [6.45, 7) is 2.31. The fraction of sp³-hybridized carbons (Fsp3) is 0.278. The molecular formula is C18H21ClN2O3. The van der Waals surface area contributed by atoms with Crippen molar-refractivity contribution in [2.24, 2.45) is 0 Å². The van der Waals surface area contributed by atoms with E-state index in [4.69, 9.17) is 21.1 Å². The van der Waals surface area contributed by atoms with Gasteiger partial charge in [-0.1, -0.05) is 23.7 Å². The summed E-state index contributed by atoms with van der Waals surface area (Å²) in [6, 6.07) is 12.3. The van der Waals surface area contributed by atoms with Crippen molar-refractivity contribution in [3.05, 3.63) is 58.6 Å². The van der Waals surface area contributed by atoms with Crippen LogP contribution in [-0.4, -0.2) is 20.3 Å². The summed E-state index contributed by atoms with van der Waals surface area (Å²) in [5, 5.41) is 6.38. The molecule has 0 aliphatic heterocycles. The number of halogens is 1. The third kappa shape index (κ3) is 4.80. The number of hydrogen-bond acceptors (Lipinski definition) is 3. The van der Waals surface area contributed by atoms with Gasteiger partial charge in [0.05, 0.1) is 20.3 Å². The quantitative estimate of drug-likeness (QED) is 0.831. The second-order valence-electron chi connectivity index (χ2n) is 5.28. The summed E-state index contributed by atoms with van der Waals surface area (Å²) < 4.78 is 10.6. The molecule has 0 heterocycles. The van der Waals surface area contributed by atoms with Crippen LogP contribution in [0.4, 0.5) is 4.79 Å². The van der Waals surface area contributed by atoms with Crippen LogP contribution in [0.2, 0.25) is 5.02 Å². The Labute approximate surface area is 146 Å². The average Bonchev–Trinajstić information content (AvgIpc) is 2.60. The minimum atomic E-state index is -0.262. The highest BCUT2D eigenvalue weighted by atomic mass is 35.5. The van der Waals surface area contributed by atoms with Gasteiger partial charge in [0.15, 0.2) is 0 Å². The molecule has 0 saturated heterocycles. The van der Waals surface area contributed by atoms with Crippen molar-refractivity contribution in [3.63, 3.8) is 0 Å². The molecule has 0 aromatic heterocycles. The zero-order valence-corrected chi connectivity index (χ0v) is 14.7. The van der Waals surface area contributed by atoms with Crippen molar-refractivity contribution in [2.45, 2.75) is 19.5 Å². The molecule has 0 spiro atoms. The smallest absolute Gasteiger partial charge is 0.315 e. The zero-order valence-electron chi connectivity index (χ0n) is 13.9. The molecule has 2 aromatic rings. The average molecular weight is 349 g/mol. The molecule has 0 saturated carbocycles. The molecule has 1 atom stereocenters. The van der Waals surface area contributed by atoms with Gasteiger partial charge >= 0.3 is 6.03 Å². The van der Waals surface area contributed by atoms with Crippen LogP contribution in [0.5, 0.6) is 11.5 Å². The molecule has 2 aromatic carbocycles. The maximum Gasteiger partial charge on any atom is 0.315 e. The van der Waals surface area contributed by atoms with Crippen molar-refractivity contribution < 1.29 is 14.3 Å². The molecule has 2 amide bonds. The van der Waals surface area contributed by atoms with E-state index in [1.165, 1.54) is 0 Å². The van der Waals surface area contributed by atoms with Crippen molar-refractivity contribution in [1.29, 1.82) is 0 Å². The van der Waals surface area contributed by atoms with Crippen molar-refractivity contribution in [3.8, 4) is 11.5 Å². The van der Waals surface area contributed by atoms with Crippen LogP contribution in [0.15, 0.2) is 42.5 Å². The lowest BCUT2D eigenvalue weighted by Crippen LogP contribution is -2.36. The lowest BCUT2D eigenvalue weighted by atomic mass is 10.1. The highest BCUT2D eigenvalue weighted by Crippen LogP contribution is 2.29. The van der Waals surface area contributed by atoms with Gasteiger partial charge in [0, 0.05) is 17.1 Å². The fourth-order valence-electron chi connectivity index (χ4n) is 2.29. The number of nitrogens with one attached hydrogen (secondary N) is 2. The number of rotatable bonds is 6. The Balaban J connectivity index is 1.97. The molecule has 0 aliphatic rings. The summed E-state index contributed by atoms with van der Waals surface area (Å²) >= 11 is 5.84. The second-order valence-corrected chi connectivity index (χ2v) is 5.72. The van der Waals surface area contributed by atoms with Crippen LogP contribution >= 0.6 is 11.6 Å². The van der Waals surface area contributed by atoms with E-state index in [9.17, 15) is 4.79 Å². The summed E-state index contributed by atoms with van der Waals surface area (Å²) in [5.41, 5.74) is 1.82. The predicted octanol–water partition coefficient (Wildman–Crippen LogP) is 3.92. The Morgan fingerprint density at radius 1 is 1.12 bits per heavy atom. The monoisotopic (exact) mass is 348 g/mol. The van der Waals surface area contributed by atoms with E-state index in [1.807, 2.05) is 37.3 Å². The van der Waals surface area contributed by atoms with Crippen molar-refractivity contribution in [2.75, 3.05) is 14.2 Å². The van der Waals surface area contributed by atoms with E-state index in [1.54, 1.807) is 26.4 Å². The number of carbonyl (C=O) groups is 1. The van der Waals surface area contributed by atoms with Gasteiger partial charge in [-0.2, -0.15) is 0 Å². The van der Waals surface area contributed by atoms with Gasteiger partial charge in [0.2, 0.25) is 0 Å². The summed E-state index contributed by atoms with van der Waals surface area (Å²) in [6.07, 6.45) is 0. The lowest BCUT2D eigenvalue weighted by molar-refractivity contribution is 0.237. The van der Waals surface area contributed by atoms with E-state index in [0.717, 1.165) is 11.1 Å². The molecular weight excluding hydrogens is 328 g/mol. The maximum atomic E-state index is 12.1. The van der Waals surface area contributed by atoms with Gasteiger partial charge < -0.3 is 20.1 Å². The second kappa shape index (κ2) is 8.45. The Morgan fingerprint density at radius 3 is 2.46 bits per heavy atom. The molecule has 0 aliphatic carbocycles. The number of methoxy groups -OCH3 is 2. The molecule has 5 nitrogen and oxygen atoms in total. The molecule has 24 heavy (non-hydrogen) atoms. The number of hydrogen-bond donors (Lipinski definition) is 2. The van der Waals surface area contributed by atoms with Gasteiger partial charge in [-0.25, -0.2) is 4.79 Å². The molecule has 6 heteroatoms. The Kier molecular flexibility index (Phi) is 6.32. The first-order chi connectivity index (χ1) is 11.5. The SMILES string of the molecule is COc1ccc(OC)c(C(C)NC(=O)NCc2ccc(Cl)cc2)c1.